The van der Waals surface area contributed by atoms with Crippen molar-refractivity contribution in [2.24, 2.45) is 0 Å². The van der Waals surface area contributed by atoms with Gasteiger partial charge >= 0.3 is 0 Å². The van der Waals surface area contributed by atoms with Crippen LogP contribution in [0.4, 0.5) is 0 Å². The van der Waals surface area contributed by atoms with E-state index < -0.39 is 0 Å². The number of hydrogen-bond donors (Lipinski definition) is 1. The average molecular weight is 279 g/mol. The normalized spacial score (nSPS) is 9.53. The first kappa shape index (κ1) is 18.1. The second-order valence-corrected chi connectivity index (χ2v) is 5.88. The lowest BCUT2D eigenvalue weighted by molar-refractivity contribution is 0.849. The molecule has 2 heteroatoms. The third kappa shape index (κ3) is 7.99. The molecule has 1 aromatic rings. The minimum Gasteiger partial charge on any atom is -0.376 e. The van der Waals surface area contributed by atoms with E-state index >= 15 is 0 Å². The second-order valence-electron chi connectivity index (χ2n) is 4.69. The molecule has 0 saturated carbocycles. The summed E-state index contributed by atoms with van der Waals surface area (Å²) in [6.07, 6.45) is 2.44. The standard InChI is InChI=1S/C14H21NS.C3H8/c1-5-9-16-13(4)15-10-14-8-6-7-11(2)12(14)3;1-3-2/h6-8,15H,4-5,9-10H2,1-3H3;3H2,1-2H3. The zero-order valence-corrected chi connectivity index (χ0v) is 14.0. The summed E-state index contributed by atoms with van der Waals surface area (Å²) < 4.78 is 0. The smallest absolute Gasteiger partial charge is 0.0610 e. The van der Waals surface area contributed by atoms with Crippen molar-refractivity contribution >= 4 is 11.8 Å². The lowest BCUT2D eigenvalue weighted by Crippen LogP contribution is -2.11. The Morgan fingerprint density at radius 2 is 1.84 bits per heavy atom. The molecule has 0 aromatic heterocycles. The summed E-state index contributed by atoms with van der Waals surface area (Å²) in [5, 5.41) is 4.44. The van der Waals surface area contributed by atoms with Gasteiger partial charge in [-0.3, -0.25) is 0 Å². The summed E-state index contributed by atoms with van der Waals surface area (Å²) in [4.78, 5) is 0. The molecule has 0 aliphatic heterocycles. The molecule has 1 aromatic carbocycles. The predicted molar refractivity (Wildman–Crippen MR) is 90.6 cm³/mol. The van der Waals surface area contributed by atoms with Crippen LogP contribution in [0, 0.1) is 13.8 Å². The Balaban J connectivity index is 0.000000982. The van der Waals surface area contributed by atoms with Crippen LogP contribution in [0.3, 0.4) is 0 Å². The highest BCUT2D eigenvalue weighted by molar-refractivity contribution is 8.02. The third-order valence-corrected chi connectivity index (χ3v) is 3.78. The molecule has 0 fully saturated rings. The van der Waals surface area contributed by atoms with Crippen LogP contribution in [-0.2, 0) is 6.54 Å². The van der Waals surface area contributed by atoms with E-state index in [-0.39, 0.29) is 0 Å². The van der Waals surface area contributed by atoms with E-state index in [1.54, 1.807) is 11.8 Å². The summed E-state index contributed by atoms with van der Waals surface area (Å²) in [6.45, 7) is 15.7. The zero-order valence-electron chi connectivity index (χ0n) is 13.2. The molecule has 19 heavy (non-hydrogen) atoms. The summed E-state index contributed by atoms with van der Waals surface area (Å²) in [5.41, 5.74) is 4.09. The van der Waals surface area contributed by atoms with E-state index in [4.69, 9.17) is 0 Å². The molecule has 0 aliphatic rings. The number of hydrogen-bond acceptors (Lipinski definition) is 2. The molecule has 1 N–H and O–H groups in total. The van der Waals surface area contributed by atoms with Gasteiger partial charge in [-0.05, 0) is 42.7 Å². The number of benzene rings is 1. The maximum absolute atomic E-state index is 4.01. The fourth-order valence-corrected chi connectivity index (χ4v) is 2.10. The van der Waals surface area contributed by atoms with Crippen molar-refractivity contribution in [3.8, 4) is 0 Å². The van der Waals surface area contributed by atoms with E-state index in [1.165, 1.54) is 29.5 Å². The van der Waals surface area contributed by atoms with Gasteiger partial charge in [-0.2, -0.15) is 0 Å². The predicted octanol–water partition coefficient (Wildman–Crippen LogP) is 5.42. The molecule has 0 radical (unpaired) electrons. The van der Waals surface area contributed by atoms with Crippen molar-refractivity contribution in [1.82, 2.24) is 5.32 Å². The van der Waals surface area contributed by atoms with Gasteiger partial charge in [-0.1, -0.05) is 52.0 Å². The van der Waals surface area contributed by atoms with Crippen molar-refractivity contribution in [3.05, 3.63) is 46.5 Å². The van der Waals surface area contributed by atoms with Crippen molar-refractivity contribution in [1.29, 1.82) is 0 Å². The van der Waals surface area contributed by atoms with Crippen LogP contribution in [0.1, 0.15) is 50.3 Å². The van der Waals surface area contributed by atoms with Crippen molar-refractivity contribution < 1.29 is 0 Å². The molecule has 1 nitrogen and oxygen atoms in total. The van der Waals surface area contributed by atoms with E-state index in [1.807, 2.05) is 0 Å². The molecule has 0 aliphatic carbocycles. The molecule has 0 atom stereocenters. The third-order valence-electron chi connectivity index (χ3n) is 2.67. The Kier molecular flexibility index (Phi) is 10.5. The highest BCUT2D eigenvalue weighted by Gasteiger charge is 2.00. The molecule has 0 unspecified atom stereocenters. The summed E-state index contributed by atoms with van der Waals surface area (Å²) in [6, 6.07) is 6.44. The first-order valence-corrected chi connectivity index (χ1v) is 8.15. The summed E-state index contributed by atoms with van der Waals surface area (Å²) in [7, 11) is 0. The Morgan fingerprint density at radius 3 is 2.42 bits per heavy atom. The SMILES string of the molecule is C=C(NCc1cccc(C)c1C)SCCC.CCC. The van der Waals surface area contributed by atoms with Gasteiger partial charge in [0, 0.05) is 6.54 Å². The van der Waals surface area contributed by atoms with Gasteiger partial charge < -0.3 is 5.32 Å². The second kappa shape index (κ2) is 11.0. The summed E-state index contributed by atoms with van der Waals surface area (Å²) in [5.74, 6) is 1.14. The molecular formula is C17H29NS. The molecular weight excluding hydrogens is 250 g/mol. The van der Waals surface area contributed by atoms with E-state index in [2.05, 4.69) is 64.7 Å². The lowest BCUT2D eigenvalue weighted by atomic mass is 10.0. The number of aryl methyl sites for hydroxylation is 1. The number of rotatable bonds is 6. The van der Waals surface area contributed by atoms with Gasteiger partial charge in [0.25, 0.3) is 0 Å². The first-order chi connectivity index (χ1) is 9.06. The van der Waals surface area contributed by atoms with Gasteiger partial charge in [0.05, 0.1) is 5.03 Å². The van der Waals surface area contributed by atoms with Crippen molar-refractivity contribution in [3.63, 3.8) is 0 Å². The fraction of sp³-hybridized carbons (Fsp3) is 0.529. The average Bonchev–Trinajstić information content (AvgIpc) is 2.39. The van der Waals surface area contributed by atoms with Gasteiger partial charge in [0.1, 0.15) is 0 Å². The van der Waals surface area contributed by atoms with Gasteiger partial charge in [-0.15, -0.1) is 11.8 Å². The van der Waals surface area contributed by atoms with Crippen LogP contribution in [0.15, 0.2) is 29.8 Å². The number of nitrogens with one attached hydrogen (secondary N) is 1. The molecule has 1 rings (SSSR count). The largest absolute Gasteiger partial charge is 0.376 e. The van der Waals surface area contributed by atoms with Crippen LogP contribution < -0.4 is 5.32 Å². The highest BCUT2D eigenvalue weighted by atomic mass is 32.2. The van der Waals surface area contributed by atoms with E-state index in [0.29, 0.717) is 0 Å². The molecule has 0 heterocycles. The Bertz CT molecular complexity index is 372. The molecule has 0 bridgehead atoms. The van der Waals surface area contributed by atoms with E-state index in [0.717, 1.165) is 17.3 Å². The molecule has 0 spiro atoms. The van der Waals surface area contributed by atoms with Crippen LogP contribution >= 0.6 is 11.8 Å². The fourth-order valence-electron chi connectivity index (χ4n) is 1.47. The van der Waals surface area contributed by atoms with Gasteiger partial charge in [0.15, 0.2) is 0 Å². The molecule has 0 amide bonds. The maximum atomic E-state index is 4.01. The minimum atomic E-state index is 0.878. The van der Waals surface area contributed by atoms with Crippen molar-refractivity contribution in [2.75, 3.05) is 5.75 Å². The number of thioether (sulfide) groups is 1. The Morgan fingerprint density at radius 1 is 1.21 bits per heavy atom. The highest BCUT2D eigenvalue weighted by Crippen LogP contribution is 2.15. The van der Waals surface area contributed by atoms with Crippen LogP contribution in [-0.4, -0.2) is 5.75 Å². The Labute approximate surface area is 123 Å². The Hall–Kier alpha value is -0.890. The lowest BCUT2D eigenvalue weighted by Gasteiger charge is -2.12. The van der Waals surface area contributed by atoms with Crippen LogP contribution in [0.25, 0.3) is 0 Å². The topological polar surface area (TPSA) is 12.0 Å². The summed E-state index contributed by atoms with van der Waals surface area (Å²) >= 11 is 1.80. The minimum absolute atomic E-state index is 0.878. The maximum Gasteiger partial charge on any atom is 0.0610 e. The van der Waals surface area contributed by atoms with Gasteiger partial charge in [-0.25, -0.2) is 0 Å². The molecule has 108 valence electrons. The van der Waals surface area contributed by atoms with Crippen LogP contribution in [0.5, 0.6) is 0 Å². The first-order valence-electron chi connectivity index (χ1n) is 7.17. The van der Waals surface area contributed by atoms with Crippen molar-refractivity contribution in [2.45, 2.75) is 54.0 Å². The van der Waals surface area contributed by atoms with Crippen LogP contribution in [0.2, 0.25) is 0 Å². The monoisotopic (exact) mass is 279 g/mol. The van der Waals surface area contributed by atoms with E-state index in [9.17, 15) is 0 Å². The van der Waals surface area contributed by atoms with Gasteiger partial charge in [0.2, 0.25) is 0 Å². The quantitative estimate of drug-likeness (QED) is 0.746. The zero-order chi connectivity index (χ0) is 14.7. The molecule has 0 saturated heterocycles.